The van der Waals surface area contributed by atoms with Gasteiger partial charge in [-0.05, 0) is 39.8 Å². The fourth-order valence-electron chi connectivity index (χ4n) is 1.28. The van der Waals surface area contributed by atoms with E-state index in [4.69, 9.17) is 5.11 Å². The Morgan fingerprint density at radius 3 is 2.42 bits per heavy atom. The van der Waals surface area contributed by atoms with E-state index in [2.05, 4.69) is 10.3 Å². The van der Waals surface area contributed by atoms with E-state index in [0.29, 0.717) is 5.03 Å². The maximum Gasteiger partial charge on any atom is 0.337 e. The van der Waals surface area contributed by atoms with Gasteiger partial charge in [0.1, 0.15) is 0 Å². The molecule has 1 atom stereocenters. The highest BCUT2D eigenvalue weighted by Crippen LogP contribution is 2.21. The Hall–Kier alpha value is -1.56. The van der Waals surface area contributed by atoms with Gasteiger partial charge in [0.2, 0.25) is 5.91 Å². The van der Waals surface area contributed by atoms with Gasteiger partial charge in [0.05, 0.1) is 15.8 Å². The molecule has 1 aromatic heterocycles. The van der Waals surface area contributed by atoms with Gasteiger partial charge in [0, 0.05) is 11.7 Å². The molecule has 1 amide bonds. The number of aromatic nitrogens is 1. The summed E-state index contributed by atoms with van der Waals surface area (Å²) in [5.41, 5.74) is -0.136. The zero-order valence-corrected chi connectivity index (χ0v) is 12.2. The molecule has 0 aliphatic carbocycles. The number of rotatable bonds is 4. The molecule has 0 radical (unpaired) electrons. The summed E-state index contributed by atoms with van der Waals surface area (Å²) in [4.78, 5) is 26.6. The lowest BCUT2D eigenvalue weighted by atomic mass is 10.1. The molecule has 0 aromatic carbocycles. The predicted molar refractivity (Wildman–Crippen MR) is 74.4 cm³/mol. The Morgan fingerprint density at radius 2 is 2.00 bits per heavy atom. The van der Waals surface area contributed by atoms with E-state index in [9.17, 15) is 9.59 Å². The SMILES string of the molecule is CC(Sc1ccc(C(=O)O)cn1)C(=O)NC(C)(C)C. The van der Waals surface area contributed by atoms with Crippen LogP contribution in [0.3, 0.4) is 0 Å². The van der Waals surface area contributed by atoms with Crippen LogP contribution < -0.4 is 5.32 Å². The first kappa shape index (κ1) is 15.5. The van der Waals surface area contributed by atoms with Crippen molar-refractivity contribution in [1.82, 2.24) is 10.3 Å². The van der Waals surface area contributed by atoms with Crippen molar-refractivity contribution in [1.29, 1.82) is 0 Å². The molecule has 0 aliphatic heterocycles. The van der Waals surface area contributed by atoms with Crippen molar-refractivity contribution >= 4 is 23.6 Å². The second-order valence-corrected chi connectivity index (χ2v) is 6.55. The summed E-state index contributed by atoms with van der Waals surface area (Å²) in [6.45, 7) is 7.55. The van der Waals surface area contributed by atoms with Crippen LogP contribution >= 0.6 is 11.8 Å². The highest BCUT2D eigenvalue weighted by molar-refractivity contribution is 8.00. The topological polar surface area (TPSA) is 79.3 Å². The molecule has 0 saturated carbocycles. The van der Waals surface area contributed by atoms with Gasteiger partial charge in [-0.2, -0.15) is 0 Å². The van der Waals surface area contributed by atoms with Gasteiger partial charge in [-0.3, -0.25) is 4.79 Å². The van der Waals surface area contributed by atoms with Gasteiger partial charge in [-0.15, -0.1) is 0 Å². The third-order valence-corrected chi connectivity index (χ3v) is 3.20. The Morgan fingerprint density at radius 1 is 1.37 bits per heavy atom. The molecule has 2 N–H and O–H groups in total. The van der Waals surface area contributed by atoms with Crippen LogP contribution in [0.4, 0.5) is 0 Å². The number of nitrogens with one attached hydrogen (secondary N) is 1. The van der Waals surface area contributed by atoms with Gasteiger partial charge in [0.25, 0.3) is 0 Å². The minimum absolute atomic E-state index is 0.0680. The Kier molecular flexibility index (Phi) is 4.94. The molecule has 104 valence electrons. The average Bonchev–Trinajstić information content (AvgIpc) is 2.27. The number of amides is 1. The molecule has 0 bridgehead atoms. The third-order valence-electron chi connectivity index (χ3n) is 2.15. The monoisotopic (exact) mass is 282 g/mol. The van der Waals surface area contributed by atoms with E-state index in [1.54, 1.807) is 13.0 Å². The number of hydrogen-bond acceptors (Lipinski definition) is 4. The van der Waals surface area contributed by atoms with Gasteiger partial charge in [-0.25, -0.2) is 9.78 Å². The van der Waals surface area contributed by atoms with Crippen LogP contribution in [-0.4, -0.2) is 32.8 Å². The second-order valence-electron chi connectivity index (χ2n) is 5.19. The van der Waals surface area contributed by atoms with Gasteiger partial charge in [0.15, 0.2) is 0 Å². The smallest absolute Gasteiger partial charge is 0.337 e. The number of carbonyl (C=O) groups excluding carboxylic acids is 1. The number of carboxylic acid groups (broad SMARTS) is 1. The third kappa shape index (κ3) is 5.30. The van der Waals surface area contributed by atoms with E-state index in [-0.39, 0.29) is 22.3 Å². The maximum absolute atomic E-state index is 11.9. The largest absolute Gasteiger partial charge is 0.478 e. The van der Waals surface area contributed by atoms with Crippen molar-refractivity contribution in [3.05, 3.63) is 23.9 Å². The maximum atomic E-state index is 11.9. The van der Waals surface area contributed by atoms with Crippen LogP contribution in [-0.2, 0) is 4.79 Å². The molecule has 5 nitrogen and oxygen atoms in total. The summed E-state index contributed by atoms with van der Waals surface area (Å²) in [6, 6.07) is 3.08. The normalized spacial score (nSPS) is 12.8. The molecule has 0 spiro atoms. The molecule has 0 aliphatic rings. The molecular weight excluding hydrogens is 264 g/mol. The highest BCUT2D eigenvalue weighted by atomic mass is 32.2. The van der Waals surface area contributed by atoms with Crippen molar-refractivity contribution in [2.45, 2.75) is 43.5 Å². The van der Waals surface area contributed by atoms with Crippen molar-refractivity contribution in [2.75, 3.05) is 0 Å². The molecule has 6 heteroatoms. The van der Waals surface area contributed by atoms with Crippen molar-refractivity contribution in [3.8, 4) is 0 Å². The first-order valence-corrected chi connectivity index (χ1v) is 6.75. The summed E-state index contributed by atoms with van der Waals surface area (Å²) < 4.78 is 0. The minimum atomic E-state index is -1.01. The van der Waals surface area contributed by atoms with Gasteiger partial charge < -0.3 is 10.4 Å². The predicted octanol–water partition coefficient (Wildman–Crippen LogP) is 2.18. The second kappa shape index (κ2) is 6.06. The van der Waals surface area contributed by atoms with Crippen LogP contribution in [0.25, 0.3) is 0 Å². The number of aromatic carboxylic acids is 1. The van der Waals surface area contributed by atoms with E-state index in [1.807, 2.05) is 20.8 Å². The molecule has 19 heavy (non-hydrogen) atoms. The lowest BCUT2D eigenvalue weighted by Gasteiger charge is -2.22. The van der Waals surface area contributed by atoms with Crippen LogP contribution in [0.5, 0.6) is 0 Å². The number of nitrogens with zero attached hydrogens (tertiary/aromatic N) is 1. The fraction of sp³-hybridized carbons (Fsp3) is 0.462. The zero-order chi connectivity index (χ0) is 14.6. The quantitative estimate of drug-likeness (QED) is 0.827. The summed E-state index contributed by atoms with van der Waals surface area (Å²) in [5.74, 6) is -1.08. The van der Waals surface area contributed by atoms with E-state index >= 15 is 0 Å². The van der Waals surface area contributed by atoms with E-state index in [1.165, 1.54) is 24.0 Å². The lowest BCUT2D eigenvalue weighted by Crippen LogP contribution is -2.44. The fourth-order valence-corrected chi connectivity index (χ4v) is 2.07. The Labute approximate surface area is 116 Å². The summed E-state index contributed by atoms with van der Waals surface area (Å²) in [6.07, 6.45) is 1.29. The van der Waals surface area contributed by atoms with Crippen molar-refractivity contribution in [3.63, 3.8) is 0 Å². The first-order valence-electron chi connectivity index (χ1n) is 5.87. The minimum Gasteiger partial charge on any atom is -0.478 e. The van der Waals surface area contributed by atoms with E-state index < -0.39 is 5.97 Å². The molecule has 0 saturated heterocycles. The standard InChI is InChI=1S/C13H18N2O3S/c1-8(11(16)15-13(2,3)4)19-10-6-5-9(7-14-10)12(17)18/h5-8H,1-4H3,(H,15,16)(H,17,18). The average molecular weight is 282 g/mol. The van der Waals surface area contributed by atoms with Crippen LogP contribution in [0, 0.1) is 0 Å². The molecule has 1 unspecified atom stereocenters. The number of thioether (sulfide) groups is 1. The van der Waals surface area contributed by atoms with Crippen molar-refractivity contribution < 1.29 is 14.7 Å². The van der Waals surface area contributed by atoms with Gasteiger partial charge in [-0.1, -0.05) is 11.8 Å². The number of carboxylic acids is 1. The number of pyridine rings is 1. The molecule has 1 heterocycles. The molecule has 1 rings (SSSR count). The molecular formula is C13H18N2O3S. The summed E-state index contributed by atoms with van der Waals surface area (Å²) in [5, 5.41) is 12.0. The van der Waals surface area contributed by atoms with Crippen LogP contribution in [0.2, 0.25) is 0 Å². The summed E-state index contributed by atoms with van der Waals surface area (Å²) in [7, 11) is 0. The Balaban J connectivity index is 2.64. The van der Waals surface area contributed by atoms with Gasteiger partial charge >= 0.3 is 5.97 Å². The lowest BCUT2D eigenvalue weighted by molar-refractivity contribution is -0.121. The number of carbonyl (C=O) groups is 2. The number of hydrogen-bond donors (Lipinski definition) is 2. The molecule has 1 aromatic rings. The van der Waals surface area contributed by atoms with Crippen LogP contribution in [0.15, 0.2) is 23.4 Å². The zero-order valence-electron chi connectivity index (χ0n) is 11.4. The molecule has 0 fully saturated rings. The highest BCUT2D eigenvalue weighted by Gasteiger charge is 2.20. The van der Waals surface area contributed by atoms with Crippen LogP contribution in [0.1, 0.15) is 38.1 Å². The van der Waals surface area contributed by atoms with Crippen molar-refractivity contribution in [2.24, 2.45) is 0 Å². The Bertz CT molecular complexity index is 466. The van der Waals surface area contributed by atoms with E-state index in [0.717, 1.165) is 0 Å². The first-order chi connectivity index (χ1) is 8.69. The summed E-state index contributed by atoms with van der Waals surface area (Å²) >= 11 is 1.30.